The summed E-state index contributed by atoms with van der Waals surface area (Å²) in [6.07, 6.45) is 0. The largest absolute Gasteiger partial charge is 0.412 e. The molecule has 0 atom stereocenters. The Kier molecular flexibility index (Phi) is 20.5. The van der Waals surface area contributed by atoms with Gasteiger partial charge >= 0.3 is 0 Å². The maximum absolute atomic E-state index is 5.33. The first-order chi connectivity index (χ1) is 9.00. The molecule has 20 heavy (non-hydrogen) atoms. The van der Waals surface area contributed by atoms with E-state index >= 15 is 0 Å². The molecular formula is C12H28O8. The van der Waals surface area contributed by atoms with Gasteiger partial charge in [0.1, 0.15) is 0 Å². The Bertz CT molecular complexity index is 94.5. The van der Waals surface area contributed by atoms with Crippen LogP contribution in [0.4, 0.5) is 0 Å². The quantitative estimate of drug-likeness (QED) is 0.534. The monoisotopic (exact) mass is 300 g/mol. The highest BCUT2D eigenvalue weighted by molar-refractivity contribution is 4.38. The van der Waals surface area contributed by atoms with Crippen molar-refractivity contribution in [3.05, 3.63) is 0 Å². The van der Waals surface area contributed by atoms with E-state index in [2.05, 4.69) is 0 Å². The maximum Gasteiger partial charge on any atom is 0.0701 e. The van der Waals surface area contributed by atoms with Crippen LogP contribution >= 0.6 is 0 Å². The highest BCUT2D eigenvalue weighted by atomic mass is 16.6. The predicted molar refractivity (Wildman–Crippen MR) is 72.1 cm³/mol. The molecule has 0 aromatic rings. The SMILES string of the molecule is C1COCCOCCOCCOCCOCCO1.O.O. The first kappa shape index (κ1) is 22.0. The molecule has 1 saturated heterocycles. The standard InChI is InChI=1S/C12H24O6.2H2O/c1-2-14-5-6-16-9-10-18-12-11-17-8-7-15-4-3-13-1;;/h1-12H2;2*1H2. The average molecular weight is 300 g/mol. The summed E-state index contributed by atoms with van der Waals surface area (Å²) in [5.41, 5.74) is 0. The predicted octanol–water partition coefficient (Wildman–Crippen LogP) is -1.55. The minimum Gasteiger partial charge on any atom is -0.412 e. The summed E-state index contributed by atoms with van der Waals surface area (Å²) in [7, 11) is 0. The van der Waals surface area contributed by atoms with Crippen molar-refractivity contribution in [3.63, 3.8) is 0 Å². The summed E-state index contributed by atoms with van der Waals surface area (Å²) < 4.78 is 32.0. The van der Waals surface area contributed by atoms with Gasteiger partial charge < -0.3 is 39.4 Å². The molecule has 0 saturated carbocycles. The molecule has 0 aromatic carbocycles. The van der Waals surface area contributed by atoms with Crippen LogP contribution in [0.3, 0.4) is 0 Å². The lowest BCUT2D eigenvalue weighted by molar-refractivity contribution is -0.0334. The molecule has 8 nitrogen and oxygen atoms in total. The third-order valence-corrected chi connectivity index (χ3v) is 2.23. The summed E-state index contributed by atoms with van der Waals surface area (Å²) in [6.45, 7) is 7.04. The molecule has 0 amide bonds. The Morgan fingerprint density at radius 3 is 0.450 bits per heavy atom. The van der Waals surface area contributed by atoms with Crippen LogP contribution in [-0.2, 0) is 28.4 Å². The van der Waals surface area contributed by atoms with E-state index < -0.39 is 0 Å². The Balaban J connectivity index is 0. The van der Waals surface area contributed by atoms with Crippen molar-refractivity contribution < 1.29 is 39.4 Å². The van der Waals surface area contributed by atoms with Crippen molar-refractivity contribution >= 4 is 0 Å². The number of ether oxygens (including phenoxy) is 6. The highest BCUT2D eigenvalue weighted by Gasteiger charge is 1.95. The molecule has 1 fully saturated rings. The summed E-state index contributed by atoms with van der Waals surface area (Å²) in [5.74, 6) is 0. The number of hydrogen-bond acceptors (Lipinski definition) is 6. The van der Waals surface area contributed by atoms with E-state index in [1.807, 2.05) is 0 Å². The van der Waals surface area contributed by atoms with E-state index in [0.29, 0.717) is 79.3 Å². The van der Waals surface area contributed by atoms with E-state index in [0.717, 1.165) is 0 Å². The topological polar surface area (TPSA) is 118 Å². The van der Waals surface area contributed by atoms with Gasteiger partial charge in [-0.2, -0.15) is 0 Å². The molecule has 1 aliphatic heterocycles. The molecule has 1 rings (SSSR count). The van der Waals surface area contributed by atoms with E-state index in [4.69, 9.17) is 28.4 Å². The molecule has 0 unspecified atom stereocenters. The first-order valence-corrected chi connectivity index (χ1v) is 6.46. The van der Waals surface area contributed by atoms with Crippen LogP contribution in [0.15, 0.2) is 0 Å². The van der Waals surface area contributed by atoms with Gasteiger partial charge in [0.2, 0.25) is 0 Å². The summed E-state index contributed by atoms with van der Waals surface area (Å²) in [4.78, 5) is 0. The van der Waals surface area contributed by atoms with Crippen LogP contribution in [0, 0.1) is 0 Å². The molecule has 0 bridgehead atoms. The van der Waals surface area contributed by atoms with E-state index in [1.54, 1.807) is 0 Å². The van der Waals surface area contributed by atoms with Gasteiger partial charge in [0.25, 0.3) is 0 Å². The molecule has 124 valence electrons. The van der Waals surface area contributed by atoms with Crippen LogP contribution in [0.5, 0.6) is 0 Å². The van der Waals surface area contributed by atoms with Crippen molar-refractivity contribution in [1.82, 2.24) is 0 Å². The van der Waals surface area contributed by atoms with Crippen molar-refractivity contribution in [2.24, 2.45) is 0 Å². The molecule has 4 N–H and O–H groups in total. The fraction of sp³-hybridized carbons (Fsp3) is 1.00. The van der Waals surface area contributed by atoms with Crippen LogP contribution < -0.4 is 0 Å². The fourth-order valence-corrected chi connectivity index (χ4v) is 1.32. The van der Waals surface area contributed by atoms with Crippen LogP contribution in [0.2, 0.25) is 0 Å². The van der Waals surface area contributed by atoms with Gasteiger partial charge in [0, 0.05) is 0 Å². The van der Waals surface area contributed by atoms with Gasteiger partial charge in [-0.3, -0.25) is 0 Å². The molecule has 1 aliphatic rings. The lowest BCUT2D eigenvalue weighted by atomic mass is 10.6. The second-order valence-corrected chi connectivity index (χ2v) is 3.67. The Labute approximate surface area is 119 Å². The third-order valence-electron chi connectivity index (χ3n) is 2.23. The number of rotatable bonds is 0. The summed E-state index contributed by atoms with van der Waals surface area (Å²) >= 11 is 0. The zero-order valence-electron chi connectivity index (χ0n) is 11.9. The smallest absolute Gasteiger partial charge is 0.0701 e. The number of hydrogen-bond donors (Lipinski definition) is 0. The highest BCUT2D eigenvalue weighted by Crippen LogP contribution is 1.86. The Morgan fingerprint density at radius 2 is 0.350 bits per heavy atom. The summed E-state index contributed by atoms with van der Waals surface area (Å²) in [5, 5.41) is 0. The second-order valence-electron chi connectivity index (χ2n) is 3.67. The maximum atomic E-state index is 5.33. The minimum absolute atomic E-state index is 0. The summed E-state index contributed by atoms with van der Waals surface area (Å²) in [6, 6.07) is 0. The molecule has 1 heterocycles. The van der Waals surface area contributed by atoms with Crippen LogP contribution in [0.1, 0.15) is 0 Å². The zero-order chi connectivity index (χ0) is 12.7. The molecule has 8 heteroatoms. The van der Waals surface area contributed by atoms with E-state index in [1.165, 1.54) is 0 Å². The van der Waals surface area contributed by atoms with Gasteiger partial charge in [0.15, 0.2) is 0 Å². The van der Waals surface area contributed by atoms with Crippen molar-refractivity contribution in [3.8, 4) is 0 Å². The lowest BCUT2D eigenvalue weighted by Crippen LogP contribution is -2.16. The van der Waals surface area contributed by atoms with Gasteiger partial charge in [-0.1, -0.05) is 0 Å². The zero-order valence-corrected chi connectivity index (χ0v) is 11.9. The Hall–Kier alpha value is -0.320. The van der Waals surface area contributed by atoms with E-state index in [9.17, 15) is 0 Å². The molecule has 0 spiro atoms. The Morgan fingerprint density at radius 1 is 0.250 bits per heavy atom. The van der Waals surface area contributed by atoms with Crippen molar-refractivity contribution in [1.29, 1.82) is 0 Å². The van der Waals surface area contributed by atoms with Gasteiger partial charge in [-0.15, -0.1) is 0 Å². The third kappa shape index (κ3) is 15.7. The molecule has 0 radical (unpaired) electrons. The molecule has 0 aromatic heterocycles. The second kappa shape index (κ2) is 18.7. The van der Waals surface area contributed by atoms with E-state index in [-0.39, 0.29) is 11.0 Å². The normalized spacial score (nSPS) is 21.6. The first-order valence-electron chi connectivity index (χ1n) is 6.46. The van der Waals surface area contributed by atoms with Crippen LogP contribution in [0.25, 0.3) is 0 Å². The minimum atomic E-state index is 0. The average Bonchev–Trinajstić information content (AvgIpc) is 2.39. The van der Waals surface area contributed by atoms with Gasteiger partial charge in [0.05, 0.1) is 79.3 Å². The van der Waals surface area contributed by atoms with Crippen molar-refractivity contribution in [2.45, 2.75) is 0 Å². The lowest BCUT2D eigenvalue weighted by Gasteiger charge is -2.09. The van der Waals surface area contributed by atoms with Gasteiger partial charge in [-0.05, 0) is 0 Å². The van der Waals surface area contributed by atoms with Crippen molar-refractivity contribution in [2.75, 3.05) is 79.3 Å². The van der Waals surface area contributed by atoms with Crippen LogP contribution in [-0.4, -0.2) is 90.2 Å². The molecule has 0 aliphatic carbocycles. The van der Waals surface area contributed by atoms with Gasteiger partial charge in [-0.25, -0.2) is 0 Å². The molecular weight excluding hydrogens is 272 g/mol. The fourth-order valence-electron chi connectivity index (χ4n) is 1.32.